The van der Waals surface area contributed by atoms with Crippen molar-refractivity contribution in [3.05, 3.63) is 24.3 Å². The number of benzene rings is 1. The predicted molar refractivity (Wildman–Crippen MR) is 71.2 cm³/mol. The molecule has 98 valence electrons. The van der Waals surface area contributed by atoms with Gasteiger partial charge in [-0.1, -0.05) is 6.92 Å². The normalized spacial score (nSPS) is 9.61. The summed E-state index contributed by atoms with van der Waals surface area (Å²) in [5.41, 5.74) is 6.77. The van der Waals surface area contributed by atoms with E-state index in [1.807, 2.05) is 6.92 Å². The Labute approximate surface area is 106 Å². The second-order valence-corrected chi connectivity index (χ2v) is 3.78. The van der Waals surface area contributed by atoms with E-state index in [9.17, 15) is 9.59 Å². The van der Waals surface area contributed by atoms with Crippen molar-refractivity contribution in [3.8, 4) is 0 Å². The molecule has 0 aromatic heterocycles. The Morgan fingerprint density at radius 3 is 2.44 bits per heavy atom. The average molecular weight is 250 g/mol. The molecule has 1 aromatic rings. The first-order valence-electron chi connectivity index (χ1n) is 5.79. The molecule has 6 heteroatoms. The van der Waals surface area contributed by atoms with Crippen LogP contribution >= 0.6 is 0 Å². The summed E-state index contributed by atoms with van der Waals surface area (Å²) in [6.45, 7) is 2.53. The van der Waals surface area contributed by atoms with Gasteiger partial charge in [0, 0.05) is 17.9 Å². The molecule has 0 unspecified atom stereocenters. The van der Waals surface area contributed by atoms with Gasteiger partial charge in [-0.05, 0) is 30.7 Å². The molecule has 0 spiro atoms. The zero-order chi connectivity index (χ0) is 13.4. The summed E-state index contributed by atoms with van der Waals surface area (Å²) in [6, 6.07) is 6.32. The molecule has 0 saturated carbocycles. The molecule has 18 heavy (non-hydrogen) atoms. The number of amides is 3. The molecule has 5 N–H and O–H groups in total. The maximum Gasteiger partial charge on any atom is 0.319 e. The van der Waals surface area contributed by atoms with Crippen LogP contribution in [0.3, 0.4) is 0 Å². The Hall–Kier alpha value is -2.24. The molecule has 0 heterocycles. The van der Waals surface area contributed by atoms with Gasteiger partial charge in [0.25, 0.3) is 0 Å². The number of nitrogens with two attached hydrogens (primary N) is 1. The lowest BCUT2D eigenvalue weighted by Gasteiger charge is -2.08. The first-order valence-corrected chi connectivity index (χ1v) is 5.79. The number of carbonyl (C=O) groups excluding carboxylic acids is 2. The third-order valence-corrected chi connectivity index (χ3v) is 2.15. The average Bonchev–Trinajstić information content (AvgIpc) is 2.36. The third-order valence-electron chi connectivity index (χ3n) is 2.15. The molecule has 3 amide bonds. The number of nitrogens with one attached hydrogen (secondary N) is 3. The van der Waals surface area contributed by atoms with Gasteiger partial charge >= 0.3 is 6.03 Å². The number of anilines is 2. The first-order chi connectivity index (χ1) is 8.61. The lowest BCUT2D eigenvalue weighted by atomic mass is 10.3. The fourth-order valence-corrected chi connectivity index (χ4v) is 1.23. The van der Waals surface area contributed by atoms with Gasteiger partial charge in [0.1, 0.15) is 0 Å². The van der Waals surface area contributed by atoms with Crippen LogP contribution in [-0.2, 0) is 4.79 Å². The summed E-state index contributed by atoms with van der Waals surface area (Å²) in [4.78, 5) is 22.7. The van der Waals surface area contributed by atoms with Crippen LogP contribution in [0.2, 0.25) is 0 Å². The maximum atomic E-state index is 11.4. The van der Waals surface area contributed by atoms with Gasteiger partial charge in [0.05, 0.1) is 6.54 Å². The van der Waals surface area contributed by atoms with Crippen LogP contribution in [0, 0.1) is 0 Å². The van der Waals surface area contributed by atoms with Crippen LogP contribution in [0.25, 0.3) is 0 Å². The molecule has 1 rings (SSSR count). The molecule has 0 aliphatic carbocycles. The van der Waals surface area contributed by atoms with Crippen molar-refractivity contribution in [1.82, 2.24) is 10.6 Å². The third kappa shape index (κ3) is 5.20. The summed E-state index contributed by atoms with van der Waals surface area (Å²) in [5, 5.41) is 7.72. The molecule has 0 aliphatic heterocycles. The Morgan fingerprint density at radius 1 is 1.17 bits per heavy atom. The molecule has 0 atom stereocenters. The van der Waals surface area contributed by atoms with Crippen molar-refractivity contribution in [2.45, 2.75) is 13.3 Å². The molecule has 0 aliphatic rings. The minimum atomic E-state index is -0.425. The van der Waals surface area contributed by atoms with Gasteiger partial charge in [-0.15, -0.1) is 0 Å². The van der Waals surface area contributed by atoms with Crippen molar-refractivity contribution in [3.63, 3.8) is 0 Å². The van der Waals surface area contributed by atoms with E-state index in [0.29, 0.717) is 17.9 Å². The lowest BCUT2D eigenvalue weighted by Crippen LogP contribution is -2.39. The zero-order valence-electron chi connectivity index (χ0n) is 10.3. The van der Waals surface area contributed by atoms with E-state index < -0.39 is 6.03 Å². The monoisotopic (exact) mass is 250 g/mol. The molecule has 0 bridgehead atoms. The summed E-state index contributed by atoms with van der Waals surface area (Å²) >= 11 is 0. The summed E-state index contributed by atoms with van der Waals surface area (Å²) < 4.78 is 0. The number of carbonyl (C=O) groups is 2. The maximum absolute atomic E-state index is 11.4. The van der Waals surface area contributed by atoms with E-state index >= 15 is 0 Å². The number of nitrogen functional groups attached to an aromatic ring is 1. The molecular formula is C12H18N4O2. The van der Waals surface area contributed by atoms with Crippen molar-refractivity contribution in [2.75, 3.05) is 24.1 Å². The Kier molecular flexibility index (Phi) is 5.50. The van der Waals surface area contributed by atoms with Crippen molar-refractivity contribution < 1.29 is 9.59 Å². The Bertz CT molecular complexity index is 403. The van der Waals surface area contributed by atoms with E-state index in [4.69, 9.17) is 5.73 Å². The zero-order valence-corrected chi connectivity index (χ0v) is 10.3. The molecule has 1 aromatic carbocycles. The molecule has 0 fully saturated rings. The molecule has 6 nitrogen and oxygen atoms in total. The fourth-order valence-electron chi connectivity index (χ4n) is 1.23. The van der Waals surface area contributed by atoms with Gasteiger partial charge in [-0.25, -0.2) is 4.79 Å². The summed E-state index contributed by atoms with van der Waals surface area (Å²) in [5.74, 6) is -0.204. The van der Waals surface area contributed by atoms with E-state index in [1.54, 1.807) is 24.3 Å². The second-order valence-electron chi connectivity index (χ2n) is 3.78. The second kappa shape index (κ2) is 7.16. The van der Waals surface area contributed by atoms with Crippen molar-refractivity contribution >= 4 is 23.3 Å². The highest BCUT2D eigenvalue weighted by atomic mass is 16.2. The number of rotatable bonds is 5. The van der Waals surface area contributed by atoms with E-state index in [-0.39, 0.29) is 12.5 Å². The molecular weight excluding hydrogens is 232 g/mol. The van der Waals surface area contributed by atoms with Gasteiger partial charge < -0.3 is 21.7 Å². The van der Waals surface area contributed by atoms with Crippen molar-refractivity contribution in [1.29, 1.82) is 0 Å². The Balaban J connectivity index is 2.29. The Morgan fingerprint density at radius 2 is 1.83 bits per heavy atom. The summed E-state index contributed by atoms with van der Waals surface area (Å²) in [6.07, 6.45) is 0.864. The molecule has 0 saturated heterocycles. The van der Waals surface area contributed by atoms with E-state index in [1.165, 1.54) is 0 Å². The largest absolute Gasteiger partial charge is 0.399 e. The van der Waals surface area contributed by atoms with Crippen LogP contribution in [-0.4, -0.2) is 25.0 Å². The van der Waals surface area contributed by atoms with Gasteiger partial charge in [-0.2, -0.15) is 0 Å². The van der Waals surface area contributed by atoms with E-state index in [0.717, 1.165) is 6.42 Å². The van der Waals surface area contributed by atoms with Crippen molar-refractivity contribution in [2.24, 2.45) is 0 Å². The number of urea groups is 1. The number of hydrogen-bond donors (Lipinski definition) is 4. The quantitative estimate of drug-likeness (QED) is 0.585. The highest BCUT2D eigenvalue weighted by Crippen LogP contribution is 2.09. The molecule has 0 radical (unpaired) electrons. The SMILES string of the molecule is CCCNC(=O)CNC(=O)Nc1ccc(N)cc1. The van der Waals surface area contributed by atoms with Crippen LogP contribution in [0.5, 0.6) is 0 Å². The van der Waals surface area contributed by atoms with Crippen LogP contribution in [0.15, 0.2) is 24.3 Å². The van der Waals surface area contributed by atoms with Crippen LogP contribution in [0.1, 0.15) is 13.3 Å². The topological polar surface area (TPSA) is 96.2 Å². The van der Waals surface area contributed by atoms with Gasteiger partial charge in [-0.3, -0.25) is 4.79 Å². The minimum absolute atomic E-state index is 0.0409. The van der Waals surface area contributed by atoms with E-state index in [2.05, 4.69) is 16.0 Å². The van der Waals surface area contributed by atoms with Crippen LogP contribution < -0.4 is 21.7 Å². The predicted octanol–water partition coefficient (Wildman–Crippen LogP) is 0.916. The highest BCUT2D eigenvalue weighted by Gasteiger charge is 2.04. The highest BCUT2D eigenvalue weighted by molar-refractivity contribution is 5.92. The van der Waals surface area contributed by atoms with Gasteiger partial charge in [0.15, 0.2) is 0 Å². The van der Waals surface area contributed by atoms with Gasteiger partial charge in [0.2, 0.25) is 5.91 Å². The first kappa shape index (κ1) is 13.8. The standard InChI is InChI=1S/C12H18N4O2/c1-2-7-14-11(17)8-15-12(18)16-10-5-3-9(13)4-6-10/h3-6H,2,7-8,13H2,1H3,(H,14,17)(H2,15,16,18). The minimum Gasteiger partial charge on any atom is -0.399 e. The lowest BCUT2D eigenvalue weighted by molar-refractivity contribution is -0.120. The summed E-state index contributed by atoms with van der Waals surface area (Å²) in [7, 11) is 0. The fraction of sp³-hybridized carbons (Fsp3) is 0.333. The number of hydrogen-bond acceptors (Lipinski definition) is 3. The smallest absolute Gasteiger partial charge is 0.319 e. The van der Waals surface area contributed by atoms with Crippen LogP contribution in [0.4, 0.5) is 16.2 Å².